The van der Waals surface area contributed by atoms with E-state index in [0.717, 1.165) is 25.7 Å². The first kappa shape index (κ1) is 37.4. The Bertz CT molecular complexity index is 979. The zero-order valence-electron chi connectivity index (χ0n) is 19.9. The van der Waals surface area contributed by atoms with Gasteiger partial charge in [0.25, 0.3) is 0 Å². The standard InChI is InChI=1S/C23H25O8P.2Na/c1-3-5-7-9-10-11-12-14-15-17-22(24)29-19-21(20-30-32(26,27)28)31-23(25)18-16-13-8-6-4-2;;/h21H,4,6,8,13,16,18-20H2,1-2H3,(H2,26,27,28);;/q;2*+1/p-2/t21-;;/m1../s1. The van der Waals surface area contributed by atoms with Crippen molar-refractivity contribution in [2.24, 2.45) is 0 Å². The number of hydrogen-bond donors (Lipinski definition) is 0. The van der Waals surface area contributed by atoms with E-state index in [1.165, 1.54) is 0 Å². The Labute approximate surface area is 245 Å². The molecular formula is C23H23Na2O8P. The number of carbonyl (C=O) groups is 2. The molecule has 0 saturated heterocycles. The molecule has 0 bridgehead atoms. The van der Waals surface area contributed by atoms with Crippen molar-refractivity contribution in [3.05, 3.63) is 0 Å². The summed E-state index contributed by atoms with van der Waals surface area (Å²) in [5.74, 6) is 22.0. The van der Waals surface area contributed by atoms with Gasteiger partial charge in [-0.1, -0.05) is 38.5 Å². The van der Waals surface area contributed by atoms with Crippen LogP contribution in [0.2, 0.25) is 0 Å². The number of esters is 2. The SMILES string of the molecule is CC#CC#CC#CC#CC#CC(=O)OC[C@H](COP(=O)([O-])[O-])OC(=O)CCCCCCC.[Na+].[Na+]. The largest absolute Gasteiger partial charge is 1.00 e. The number of rotatable bonds is 12. The van der Waals surface area contributed by atoms with Crippen molar-refractivity contribution in [3.63, 3.8) is 0 Å². The van der Waals surface area contributed by atoms with Crippen LogP contribution in [0, 0.1) is 59.2 Å². The van der Waals surface area contributed by atoms with Gasteiger partial charge in [0.2, 0.25) is 0 Å². The van der Waals surface area contributed by atoms with Crippen LogP contribution in [0.4, 0.5) is 0 Å². The van der Waals surface area contributed by atoms with Gasteiger partial charge < -0.3 is 28.3 Å². The third-order valence-electron chi connectivity index (χ3n) is 3.33. The normalized spacial score (nSPS) is 9.41. The van der Waals surface area contributed by atoms with Crippen molar-refractivity contribution in [1.82, 2.24) is 0 Å². The number of carbonyl (C=O) groups excluding carboxylic acids is 2. The first-order valence-electron chi connectivity index (χ1n) is 9.74. The van der Waals surface area contributed by atoms with Gasteiger partial charge >= 0.3 is 71.1 Å². The number of phosphoric acid groups is 1. The fourth-order valence-corrected chi connectivity index (χ4v) is 2.29. The Morgan fingerprint density at radius 1 is 0.853 bits per heavy atom. The number of ether oxygens (including phenoxy) is 2. The van der Waals surface area contributed by atoms with E-state index in [-0.39, 0.29) is 65.5 Å². The Kier molecular flexibility index (Phi) is 27.5. The summed E-state index contributed by atoms with van der Waals surface area (Å²) < 4.78 is 24.6. The molecule has 1 atom stereocenters. The minimum Gasteiger partial charge on any atom is -0.790 e. The molecule has 0 aliphatic carbocycles. The molecule has 0 N–H and O–H groups in total. The van der Waals surface area contributed by atoms with Crippen LogP contribution in [0.3, 0.4) is 0 Å². The molecule has 0 aromatic carbocycles. The maximum atomic E-state index is 11.9. The van der Waals surface area contributed by atoms with Crippen molar-refractivity contribution in [2.75, 3.05) is 13.2 Å². The van der Waals surface area contributed by atoms with E-state index in [1.54, 1.807) is 6.92 Å². The van der Waals surface area contributed by atoms with Gasteiger partial charge in [0, 0.05) is 12.3 Å². The van der Waals surface area contributed by atoms with Gasteiger partial charge in [0.05, 0.1) is 14.4 Å². The van der Waals surface area contributed by atoms with E-state index in [4.69, 9.17) is 9.47 Å². The van der Waals surface area contributed by atoms with Crippen molar-refractivity contribution in [3.8, 4) is 59.2 Å². The van der Waals surface area contributed by atoms with Gasteiger partial charge in [0.15, 0.2) is 6.10 Å². The van der Waals surface area contributed by atoms with Crippen LogP contribution in [-0.4, -0.2) is 31.3 Å². The van der Waals surface area contributed by atoms with Crippen LogP contribution in [0.1, 0.15) is 52.4 Å². The summed E-state index contributed by atoms with van der Waals surface area (Å²) in [5.41, 5.74) is 0. The van der Waals surface area contributed by atoms with Crippen molar-refractivity contribution >= 4 is 19.8 Å². The molecule has 0 saturated carbocycles. The molecule has 0 radical (unpaired) electrons. The number of unbranched alkanes of at least 4 members (excludes halogenated alkanes) is 4. The summed E-state index contributed by atoms with van der Waals surface area (Å²) in [7, 11) is -5.29. The fraction of sp³-hybridized carbons (Fsp3) is 0.478. The third-order valence-corrected chi connectivity index (χ3v) is 3.79. The summed E-state index contributed by atoms with van der Waals surface area (Å²) in [6.07, 6.45) is 3.37. The Hall–Kier alpha value is -1.15. The number of phosphoric ester groups is 1. The minimum atomic E-state index is -5.29. The van der Waals surface area contributed by atoms with E-state index >= 15 is 0 Å². The van der Waals surface area contributed by atoms with Gasteiger partial charge in [-0.05, 0) is 60.7 Å². The van der Waals surface area contributed by atoms with Crippen LogP contribution < -0.4 is 68.9 Å². The molecule has 0 aromatic rings. The molecule has 0 aliphatic rings. The summed E-state index contributed by atoms with van der Waals surface area (Å²) in [5, 5.41) is 0. The van der Waals surface area contributed by atoms with Crippen molar-refractivity contribution in [1.29, 1.82) is 0 Å². The smallest absolute Gasteiger partial charge is 0.790 e. The molecule has 0 rings (SSSR count). The van der Waals surface area contributed by atoms with Crippen LogP contribution >= 0.6 is 7.82 Å². The topological polar surface area (TPSA) is 125 Å². The van der Waals surface area contributed by atoms with E-state index < -0.39 is 39.1 Å². The van der Waals surface area contributed by atoms with Gasteiger partial charge in [-0.3, -0.25) is 4.79 Å². The molecule has 0 fully saturated rings. The van der Waals surface area contributed by atoms with Crippen LogP contribution in [-0.2, 0) is 28.2 Å². The first-order valence-corrected chi connectivity index (χ1v) is 11.2. The van der Waals surface area contributed by atoms with E-state index in [9.17, 15) is 23.9 Å². The average Bonchev–Trinajstić information content (AvgIpc) is 2.73. The van der Waals surface area contributed by atoms with Crippen LogP contribution in [0.15, 0.2) is 0 Å². The quantitative estimate of drug-likeness (QED) is 0.0645. The van der Waals surface area contributed by atoms with Crippen LogP contribution in [0.5, 0.6) is 0 Å². The number of hydrogen-bond acceptors (Lipinski definition) is 8. The fourth-order valence-electron chi connectivity index (χ4n) is 1.95. The second-order valence-corrected chi connectivity index (χ2v) is 7.15. The molecule has 0 aromatic heterocycles. The summed E-state index contributed by atoms with van der Waals surface area (Å²) in [6, 6.07) is 0. The predicted octanol–water partition coefficient (Wildman–Crippen LogP) is -5.31. The van der Waals surface area contributed by atoms with Gasteiger partial charge in [0.1, 0.15) is 6.61 Å². The zero-order valence-corrected chi connectivity index (χ0v) is 24.8. The molecule has 170 valence electrons. The predicted molar refractivity (Wildman–Crippen MR) is 112 cm³/mol. The molecule has 0 spiro atoms. The Morgan fingerprint density at radius 3 is 1.97 bits per heavy atom. The maximum Gasteiger partial charge on any atom is 1.00 e. The molecule has 8 nitrogen and oxygen atoms in total. The summed E-state index contributed by atoms with van der Waals surface area (Å²) in [6.45, 7) is 2.38. The molecule has 0 heterocycles. The van der Waals surface area contributed by atoms with Gasteiger partial charge in [-0.25, -0.2) is 4.79 Å². The second kappa shape index (κ2) is 25.0. The van der Waals surface area contributed by atoms with E-state index in [1.807, 2.05) is 0 Å². The molecule has 0 unspecified atom stereocenters. The summed E-state index contributed by atoms with van der Waals surface area (Å²) >= 11 is 0. The van der Waals surface area contributed by atoms with Crippen LogP contribution in [0.25, 0.3) is 0 Å². The minimum absolute atomic E-state index is 0. The molecule has 11 heteroatoms. The zero-order chi connectivity index (χ0) is 24.1. The molecule has 0 aliphatic heterocycles. The van der Waals surface area contributed by atoms with E-state index in [0.29, 0.717) is 6.42 Å². The van der Waals surface area contributed by atoms with Crippen molar-refractivity contribution in [2.45, 2.75) is 58.5 Å². The Balaban J connectivity index is -0.00000480. The third kappa shape index (κ3) is 27.1. The first-order chi connectivity index (χ1) is 15.3. The Morgan fingerprint density at radius 2 is 1.41 bits per heavy atom. The summed E-state index contributed by atoms with van der Waals surface area (Å²) in [4.78, 5) is 44.9. The monoisotopic (exact) mass is 504 g/mol. The maximum absolute atomic E-state index is 11.9. The van der Waals surface area contributed by atoms with Gasteiger partial charge in [-0.2, -0.15) is 0 Å². The average molecular weight is 504 g/mol. The van der Waals surface area contributed by atoms with Crippen molar-refractivity contribution < 1.29 is 97.1 Å². The van der Waals surface area contributed by atoms with Gasteiger partial charge in [-0.15, -0.1) is 0 Å². The van der Waals surface area contributed by atoms with E-state index in [2.05, 4.69) is 70.7 Å². The molecular weight excluding hydrogens is 481 g/mol. The molecule has 34 heavy (non-hydrogen) atoms. The molecule has 0 amide bonds. The second-order valence-electron chi connectivity index (χ2n) is 5.99.